The van der Waals surface area contributed by atoms with Crippen LogP contribution in [0.3, 0.4) is 0 Å². The zero-order valence-corrected chi connectivity index (χ0v) is 32.1. The van der Waals surface area contributed by atoms with Crippen molar-refractivity contribution in [2.75, 3.05) is 4.90 Å². The van der Waals surface area contributed by atoms with E-state index in [4.69, 9.17) is 15.0 Å². The molecule has 0 aliphatic carbocycles. The molecule has 1 aliphatic heterocycles. The summed E-state index contributed by atoms with van der Waals surface area (Å²) in [6, 6.07) is 77.1. The lowest BCUT2D eigenvalue weighted by atomic mass is 9.86. The van der Waals surface area contributed by atoms with Crippen LogP contribution in [0.25, 0.3) is 89.4 Å². The van der Waals surface area contributed by atoms with E-state index in [-0.39, 0.29) is 0 Å². The predicted octanol–water partition coefficient (Wildman–Crippen LogP) is 14.5. The van der Waals surface area contributed by atoms with E-state index in [9.17, 15) is 0 Å². The van der Waals surface area contributed by atoms with Gasteiger partial charge in [0, 0.05) is 33.5 Å². The lowest BCUT2D eigenvalue weighted by Crippen LogP contribution is -2.13. The molecule has 9 aromatic carbocycles. The van der Waals surface area contributed by atoms with E-state index < -0.39 is 0 Å². The molecule has 0 unspecified atom stereocenters. The van der Waals surface area contributed by atoms with Crippen LogP contribution in [0.15, 0.2) is 218 Å². The minimum atomic E-state index is 0.632. The van der Waals surface area contributed by atoms with Gasteiger partial charge in [-0.3, -0.25) is 0 Å². The van der Waals surface area contributed by atoms with E-state index in [1.165, 1.54) is 22.1 Å². The van der Waals surface area contributed by atoms with E-state index in [1.54, 1.807) is 0 Å². The normalized spacial score (nSPS) is 11.7. The molecule has 4 heteroatoms. The van der Waals surface area contributed by atoms with Crippen LogP contribution in [0.1, 0.15) is 0 Å². The highest BCUT2D eigenvalue weighted by atomic mass is 15.1. The van der Waals surface area contributed by atoms with Gasteiger partial charge in [0.1, 0.15) is 0 Å². The number of hydrogen-bond acceptors (Lipinski definition) is 4. The van der Waals surface area contributed by atoms with E-state index >= 15 is 0 Å². The molecule has 0 saturated heterocycles. The zero-order chi connectivity index (χ0) is 39.1. The number of para-hydroxylation sites is 2. The fourth-order valence-corrected chi connectivity index (χ4v) is 8.47. The molecule has 1 aliphatic rings. The summed E-state index contributed by atoms with van der Waals surface area (Å²) in [4.78, 5) is 17.9. The molecule has 0 bridgehead atoms. The van der Waals surface area contributed by atoms with Crippen LogP contribution in [0.2, 0.25) is 0 Å². The van der Waals surface area contributed by atoms with Crippen LogP contribution in [0.5, 0.6) is 0 Å². The Labute approximate surface area is 343 Å². The summed E-state index contributed by atoms with van der Waals surface area (Å²) in [5.74, 6) is 1.90. The second kappa shape index (κ2) is 14.5. The quantitative estimate of drug-likeness (QED) is 0.170. The second-order valence-corrected chi connectivity index (χ2v) is 14.8. The number of hydrogen-bond donors (Lipinski definition) is 0. The first kappa shape index (κ1) is 34.3. The molecule has 276 valence electrons. The van der Waals surface area contributed by atoms with Crippen LogP contribution >= 0.6 is 0 Å². The second-order valence-electron chi connectivity index (χ2n) is 14.8. The minimum absolute atomic E-state index is 0.632. The highest BCUT2D eigenvalue weighted by Crippen LogP contribution is 2.51. The highest BCUT2D eigenvalue weighted by molar-refractivity contribution is 6.16. The van der Waals surface area contributed by atoms with Gasteiger partial charge < -0.3 is 4.90 Å². The Balaban J connectivity index is 1.10. The summed E-state index contributed by atoms with van der Waals surface area (Å²) in [7, 11) is 0. The van der Waals surface area contributed by atoms with Crippen LogP contribution in [-0.4, -0.2) is 15.0 Å². The average molecular weight is 753 g/mol. The summed E-state index contributed by atoms with van der Waals surface area (Å²) in [6.07, 6.45) is 0. The Morgan fingerprint density at radius 2 is 0.644 bits per heavy atom. The smallest absolute Gasteiger partial charge is 0.164 e. The van der Waals surface area contributed by atoms with Gasteiger partial charge >= 0.3 is 0 Å². The maximum Gasteiger partial charge on any atom is 0.164 e. The largest absolute Gasteiger partial charge is 0.309 e. The predicted molar refractivity (Wildman–Crippen MR) is 244 cm³/mol. The maximum atomic E-state index is 5.24. The number of fused-ring (bicyclic) bond motifs is 4. The van der Waals surface area contributed by atoms with Gasteiger partial charge in [-0.1, -0.05) is 188 Å². The molecule has 11 rings (SSSR count). The zero-order valence-electron chi connectivity index (χ0n) is 32.1. The number of aromatic nitrogens is 3. The summed E-state index contributed by atoms with van der Waals surface area (Å²) >= 11 is 0. The number of benzene rings is 9. The molecule has 0 amide bonds. The van der Waals surface area contributed by atoms with Crippen LogP contribution in [0, 0.1) is 0 Å². The Morgan fingerprint density at radius 3 is 1.22 bits per heavy atom. The van der Waals surface area contributed by atoms with Gasteiger partial charge in [0.2, 0.25) is 0 Å². The SMILES string of the molecule is c1ccc(-c2ccc(-c3nc(-c4ccccc4)nc(-c4ccc5c6c(cccc46)-c4ccccc4N(c4ccc(-c6ccccc6)cc4)c4ccccc4-5)n3)cc2)cc1. The van der Waals surface area contributed by atoms with Gasteiger partial charge in [0.05, 0.1) is 11.4 Å². The third kappa shape index (κ3) is 6.15. The molecule has 0 N–H and O–H groups in total. The molecule has 0 atom stereocenters. The topological polar surface area (TPSA) is 41.9 Å². The highest BCUT2D eigenvalue weighted by Gasteiger charge is 2.26. The van der Waals surface area contributed by atoms with Gasteiger partial charge in [-0.05, 0) is 74.5 Å². The Hall–Kier alpha value is -7.95. The first-order chi connectivity index (χ1) is 29.3. The van der Waals surface area contributed by atoms with Gasteiger partial charge in [-0.2, -0.15) is 0 Å². The molecule has 0 radical (unpaired) electrons. The monoisotopic (exact) mass is 752 g/mol. The van der Waals surface area contributed by atoms with Crippen LogP contribution in [0.4, 0.5) is 17.1 Å². The summed E-state index contributed by atoms with van der Waals surface area (Å²) in [5, 5.41) is 2.25. The first-order valence-corrected chi connectivity index (χ1v) is 19.9. The van der Waals surface area contributed by atoms with Crippen LogP contribution in [-0.2, 0) is 0 Å². The van der Waals surface area contributed by atoms with Gasteiger partial charge in [0.15, 0.2) is 17.5 Å². The van der Waals surface area contributed by atoms with Crippen molar-refractivity contribution in [2.24, 2.45) is 0 Å². The van der Waals surface area contributed by atoms with E-state index in [2.05, 4.69) is 199 Å². The molecule has 2 heterocycles. The molecule has 59 heavy (non-hydrogen) atoms. The van der Waals surface area contributed by atoms with Crippen molar-refractivity contribution in [2.45, 2.75) is 0 Å². The van der Waals surface area contributed by atoms with Crippen molar-refractivity contribution in [1.82, 2.24) is 15.0 Å². The molecular weight excluding hydrogens is 717 g/mol. The van der Waals surface area contributed by atoms with Crippen molar-refractivity contribution < 1.29 is 0 Å². The summed E-state index contributed by atoms with van der Waals surface area (Å²) in [5.41, 5.74) is 15.5. The number of rotatable bonds is 6. The van der Waals surface area contributed by atoms with Crippen molar-refractivity contribution >= 4 is 27.8 Å². The Morgan fingerprint density at radius 1 is 0.254 bits per heavy atom. The van der Waals surface area contributed by atoms with Crippen molar-refractivity contribution in [1.29, 1.82) is 0 Å². The molecule has 1 aromatic heterocycles. The molecule has 4 nitrogen and oxygen atoms in total. The molecular formula is C55H36N4. The first-order valence-electron chi connectivity index (χ1n) is 19.9. The van der Waals surface area contributed by atoms with Crippen LogP contribution < -0.4 is 4.90 Å². The van der Waals surface area contributed by atoms with Crippen molar-refractivity contribution in [3.05, 3.63) is 218 Å². The third-order valence-electron chi connectivity index (χ3n) is 11.3. The lowest BCUT2D eigenvalue weighted by molar-refractivity contribution is 1.08. The Kier molecular flexibility index (Phi) is 8.45. The van der Waals surface area contributed by atoms with E-state index in [0.29, 0.717) is 17.5 Å². The lowest BCUT2D eigenvalue weighted by Gasteiger charge is -2.32. The molecule has 0 spiro atoms. The van der Waals surface area contributed by atoms with Crippen molar-refractivity contribution in [3.63, 3.8) is 0 Å². The molecule has 0 saturated carbocycles. The Bertz CT molecular complexity index is 3070. The molecule has 10 aromatic rings. The van der Waals surface area contributed by atoms with Gasteiger partial charge in [0.25, 0.3) is 0 Å². The minimum Gasteiger partial charge on any atom is -0.309 e. The average Bonchev–Trinajstić information content (AvgIpc) is 3.32. The number of nitrogens with zero attached hydrogens (tertiary/aromatic N) is 4. The van der Waals surface area contributed by atoms with E-state index in [0.717, 1.165) is 67.0 Å². The van der Waals surface area contributed by atoms with Gasteiger partial charge in [-0.25, -0.2) is 15.0 Å². The maximum absolute atomic E-state index is 5.24. The summed E-state index contributed by atoms with van der Waals surface area (Å²) < 4.78 is 0. The molecule has 0 fully saturated rings. The third-order valence-corrected chi connectivity index (χ3v) is 11.3. The van der Waals surface area contributed by atoms with E-state index in [1.807, 2.05) is 24.3 Å². The fraction of sp³-hybridized carbons (Fsp3) is 0. The fourth-order valence-electron chi connectivity index (χ4n) is 8.47. The van der Waals surface area contributed by atoms with Crippen molar-refractivity contribution in [3.8, 4) is 78.7 Å². The van der Waals surface area contributed by atoms with Gasteiger partial charge in [-0.15, -0.1) is 0 Å². The summed E-state index contributed by atoms with van der Waals surface area (Å²) in [6.45, 7) is 0. The standard InChI is InChI=1S/C55H36N4/c1-4-15-37(16-5-1)39-27-29-42(30-28-39)54-56-53(41-19-8-3-9-20-41)57-55(58-54)49-36-35-48-45-22-11-13-26-51(45)59(43-33-31-40(32-34-43)38-17-6-2-7-18-38)50-25-12-10-21-44(50)46-23-14-24-47(49)52(46)48/h1-36H. The number of anilines is 3.